The number of hydrogen-bond acceptors (Lipinski definition) is 3. The van der Waals surface area contributed by atoms with Crippen LogP contribution in [0.2, 0.25) is 0 Å². The highest BCUT2D eigenvalue weighted by Gasteiger charge is 2.41. The van der Waals surface area contributed by atoms with Crippen LogP contribution >= 0.6 is 0 Å². The Hall–Kier alpha value is -0.120. The highest BCUT2D eigenvalue weighted by molar-refractivity contribution is 4.93. The van der Waals surface area contributed by atoms with Gasteiger partial charge in [0.15, 0.2) is 0 Å². The van der Waals surface area contributed by atoms with Gasteiger partial charge < -0.3 is 14.9 Å². The Balaban J connectivity index is 0.00000106. The molecule has 0 aromatic carbocycles. The molecule has 2 aliphatic heterocycles. The van der Waals surface area contributed by atoms with E-state index in [1.807, 2.05) is 13.8 Å². The summed E-state index contributed by atoms with van der Waals surface area (Å²) >= 11 is 0. The van der Waals surface area contributed by atoms with Crippen molar-refractivity contribution >= 4 is 0 Å². The summed E-state index contributed by atoms with van der Waals surface area (Å²) in [5.74, 6) is 0.996. The van der Waals surface area contributed by atoms with Gasteiger partial charge in [0.25, 0.3) is 0 Å². The van der Waals surface area contributed by atoms with E-state index in [4.69, 9.17) is 0 Å². The van der Waals surface area contributed by atoms with Crippen molar-refractivity contribution in [2.24, 2.45) is 11.8 Å². The largest absolute Gasteiger partial charge is 0.390 e. The number of hydrogen-bond donors (Lipinski definition) is 1. The minimum Gasteiger partial charge on any atom is -0.390 e. The fourth-order valence-corrected chi connectivity index (χ4v) is 3.93. The van der Waals surface area contributed by atoms with Crippen LogP contribution in [0.25, 0.3) is 0 Å². The average molecular weight is 299 g/mol. The minimum atomic E-state index is -0.454. The summed E-state index contributed by atoms with van der Waals surface area (Å²) in [4.78, 5) is 4.93. The van der Waals surface area contributed by atoms with E-state index in [9.17, 15) is 5.11 Å². The molecule has 126 valence electrons. The first-order chi connectivity index (χ1) is 9.91. The molecule has 0 radical (unpaired) electrons. The maximum absolute atomic E-state index is 11.0. The summed E-state index contributed by atoms with van der Waals surface area (Å²) in [7, 11) is 2.19. The first-order valence-electron chi connectivity index (χ1n) is 9.06. The number of likely N-dealkylation sites (tertiary alicyclic amines) is 2. The van der Waals surface area contributed by atoms with Crippen LogP contribution in [0.4, 0.5) is 0 Å². The standard InChI is InChI=1S/C16H32N2O.C2H6/c1-13(2)18-11-7-15(8-12-18)16(3,19)14-5-9-17(4)10-6-14;1-2/h13-15,19H,5-12H2,1-4H3;1-2H3/t16-;/m0./s1. The molecular formula is C18H38N2O. The molecule has 3 nitrogen and oxygen atoms in total. The molecule has 0 spiro atoms. The zero-order valence-electron chi connectivity index (χ0n) is 15.2. The predicted octanol–water partition coefficient (Wildman–Crippen LogP) is 3.23. The van der Waals surface area contributed by atoms with Crippen molar-refractivity contribution in [1.82, 2.24) is 9.80 Å². The van der Waals surface area contributed by atoms with Crippen molar-refractivity contribution in [3.8, 4) is 0 Å². The van der Waals surface area contributed by atoms with Crippen molar-refractivity contribution in [3.05, 3.63) is 0 Å². The molecule has 0 saturated carbocycles. The molecule has 2 fully saturated rings. The van der Waals surface area contributed by atoms with Crippen LogP contribution in [0.5, 0.6) is 0 Å². The Morgan fingerprint density at radius 3 is 1.67 bits per heavy atom. The average Bonchev–Trinajstić information content (AvgIpc) is 2.50. The maximum atomic E-state index is 11.0. The molecule has 21 heavy (non-hydrogen) atoms. The van der Waals surface area contributed by atoms with E-state index < -0.39 is 5.60 Å². The second kappa shape index (κ2) is 8.50. The number of aliphatic hydroxyl groups is 1. The fourth-order valence-electron chi connectivity index (χ4n) is 3.93. The van der Waals surface area contributed by atoms with Gasteiger partial charge in [-0.15, -0.1) is 0 Å². The SMILES string of the molecule is CC.CC(C)N1CCC([C@@](C)(O)C2CCN(C)CC2)CC1. The van der Waals surface area contributed by atoms with E-state index in [-0.39, 0.29) is 0 Å². The third-order valence-electron chi connectivity index (χ3n) is 5.63. The molecule has 0 unspecified atom stereocenters. The maximum Gasteiger partial charge on any atom is 0.0677 e. The van der Waals surface area contributed by atoms with Crippen molar-refractivity contribution in [2.75, 3.05) is 33.2 Å². The Morgan fingerprint density at radius 1 is 0.905 bits per heavy atom. The van der Waals surface area contributed by atoms with Crippen molar-refractivity contribution in [1.29, 1.82) is 0 Å². The zero-order chi connectivity index (χ0) is 16.0. The van der Waals surface area contributed by atoms with Crippen molar-refractivity contribution in [2.45, 2.75) is 71.9 Å². The molecular weight excluding hydrogens is 260 g/mol. The first-order valence-corrected chi connectivity index (χ1v) is 9.06. The summed E-state index contributed by atoms with van der Waals surface area (Å²) in [6, 6.07) is 0.647. The lowest BCUT2D eigenvalue weighted by molar-refractivity contribution is -0.0895. The van der Waals surface area contributed by atoms with Crippen LogP contribution in [0.3, 0.4) is 0 Å². The highest BCUT2D eigenvalue weighted by atomic mass is 16.3. The Bertz CT molecular complexity index is 275. The van der Waals surface area contributed by atoms with Crippen LogP contribution in [0.1, 0.15) is 60.3 Å². The third-order valence-corrected chi connectivity index (χ3v) is 5.63. The van der Waals surface area contributed by atoms with Crippen LogP contribution in [-0.2, 0) is 0 Å². The molecule has 0 aliphatic carbocycles. The third kappa shape index (κ3) is 4.94. The van der Waals surface area contributed by atoms with Gasteiger partial charge in [0.05, 0.1) is 5.60 Å². The van der Waals surface area contributed by atoms with Gasteiger partial charge in [-0.25, -0.2) is 0 Å². The molecule has 0 aromatic rings. The zero-order valence-corrected chi connectivity index (χ0v) is 15.2. The van der Waals surface area contributed by atoms with Gasteiger partial charge in [0.2, 0.25) is 0 Å². The molecule has 2 heterocycles. The van der Waals surface area contributed by atoms with Crippen LogP contribution < -0.4 is 0 Å². The lowest BCUT2D eigenvalue weighted by atomic mass is 9.70. The van der Waals surface area contributed by atoms with Crippen LogP contribution in [-0.4, -0.2) is 59.8 Å². The Kier molecular flexibility index (Phi) is 7.66. The first kappa shape index (κ1) is 18.9. The second-order valence-electron chi connectivity index (χ2n) is 7.21. The molecule has 2 rings (SSSR count). The Morgan fingerprint density at radius 2 is 1.29 bits per heavy atom. The van der Waals surface area contributed by atoms with E-state index in [1.165, 1.54) is 0 Å². The van der Waals surface area contributed by atoms with E-state index in [2.05, 4.69) is 37.6 Å². The quantitative estimate of drug-likeness (QED) is 0.866. The molecule has 1 atom stereocenters. The van der Waals surface area contributed by atoms with Gasteiger partial charge in [-0.1, -0.05) is 13.8 Å². The van der Waals surface area contributed by atoms with Crippen molar-refractivity contribution < 1.29 is 5.11 Å². The van der Waals surface area contributed by atoms with E-state index in [0.29, 0.717) is 17.9 Å². The fraction of sp³-hybridized carbons (Fsp3) is 1.00. The molecule has 2 aliphatic rings. The van der Waals surface area contributed by atoms with E-state index in [0.717, 1.165) is 51.9 Å². The summed E-state index contributed by atoms with van der Waals surface area (Å²) < 4.78 is 0. The summed E-state index contributed by atoms with van der Waals surface area (Å²) in [5, 5.41) is 11.0. The molecule has 1 N–H and O–H groups in total. The summed E-state index contributed by atoms with van der Waals surface area (Å²) in [6.45, 7) is 15.3. The smallest absolute Gasteiger partial charge is 0.0677 e. The monoisotopic (exact) mass is 298 g/mol. The Labute approximate surface area is 132 Å². The van der Waals surface area contributed by atoms with E-state index in [1.54, 1.807) is 0 Å². The van der Waals surface area contributed by atoms with Gasteiger partial charge in [-0.05, 0) is 91.5 Å². The van der Waals surface area contributed by atoms with Crippen molar-refractivity contribution in [3.63, 3.8) is 0 Å². The summed E-state index contributed by atoms with van der Waals surface area (Å²) in [5.41, 5.74) is -0.454. The topological polar surface area (TPSA) is 26.7 Å². The highest BCUT2D eigenvalue weighted by Crippen LogP contribution is 2.38. The summed E-state index contributed by atoms with van der Waals surface area (Å²) in [6.07, 6.45) is 4.65. The van der Waals surface area contributed by atoms with Gasteiger partial charge in [0.1, 0.15) is 0 Å². The normalized spacial score (nSPS) is 26.3. The lowest BCUT2D eigenvalue weighted by Gasteiger charge is -2.46. The molecule has 2 saturated heterocycles. The molecule has 0 amide bonds. The predicted molar refractivity (Wildman–Crippen MR) is 91.6 cm³/mol. The molecule has 0 aromatic heterocycles. The number of piperidine rings is 2. The van der Waals surface area contributed by atoms with Gasteiger partial charge >= 0.3 is 0 Å². The van der Waals surface area contributed by atoms with Gasteiger partial charge in [-0.3, -0.25) is 0 Å². The van der Waals surface area contributed by atoms with Gasteiger partial charge in [-0.2, -0.15) is 0 Å². The van der Waals surface area contributed by atoms with Gasteiger partial charge in [0, 0.05) is 6.04 Å². The lowest BCUT2D eigenvalue weighted by Crippen LogP contribution is -2.51. The number of rotatable bonds is 3. The van der Waals surface area contributed by atoms with E-state index >= 15 is 0 Å². The molecule has 0 bridgehead atoms. The van der Waals surface area contributed by atoms with Crippen LogP contribution in [0.15, 0.2) is 0 Å². The minimum absolute atomic E-state index is 0.454. The van der Waals surface area contributed by atoms with Crippen LogP contribution in [0, 0.1) is 11.8 Å². The number of nitrogens with zero attached hydrogens (tertiary/aromatic N) is 2. The molecule has 3 heteroatoms. The second-order valence-corrected chi connectivity index (χ2v) is 7.21.